The number of nitro benzene ring substituents is 1. The van der Waals surface area contributed by atoms with Crippen molar-refractivity contribution in [1.29, 1.82) is 0 Å². The summed E-state index contributed by atoms with van der Waals surface area (Å²) < 4.78 is 16.1. The lowest BCUT2D eigenvalue weighted by Crippen LogP contribution is -1.97. The van der Waals surface area contributed by atoms with Gasteiger partial charge in [-0.05, 0) is 19.1 Å². The highest BCUT2D eigenvalue weighted by Gasteiger charge is 2.07. The minimum atomic E-state index is -1.53. The van der Waals surface area contributed by atoms with Crippen LogP contribution in [-0.4, -0.2) is 15.7 Å². The summed E-state index contributed by atoms with van der Waals surface area (Å²) >= 11 is -1.53. The van der Waals surface area contributed by atoms with Gasteiger partial charge in [-0.15, -0.1) is 0 Å². The van der Waals surface area contributed by atoms with E-state index < -0.39 is 16.0 Å². The van der Waals surface area contributed by atoms with Crippen LogP contribution in [-0.2, 0) is 15.3 Å². The van der Waals surface area contributed by atoms with Gasteiger partial charge in [0.1, 0.15) is 0 Å². The molecule has 0 radical (unpaired) electrons. The molecule has 0 aromatic heterocycles. The topological polar surface area (TPSA) is 69.4 Å². The first kappa shape index (κ1) is 10.8. The maximum atomic E-state index is 11.2. The molecule has 76 valence electrons. The van der Waals surface area contributed by atoms with Crippen molar-refractivity contribution in [2.24, 2.45) is 0 Å². The van der Waals surface area contributed by atoms with Gasteiger partial charge in [-0.3, -0.25) is 14.3 Å². The molecule has 0 spiro atoms. The number of rotatable bonds is 4. The fourth-order valence-electron chi connectivity index (χ4n) is 0.854. The molecule has 0 amide bonds. The Hall–Kier alpha value is -1.27. The molecule has 1 atom stereocenters. The molecule has 0 saturated carbocycles. The standard InChI is InChI=1S/C8H9NO4S/c1-2-13-14(12)8-5-3-7(4-6-8)9(10)11/h3-6H,2H2,1H3. The van der Waals surface area contributed by atoms with Crippen LogP contribution in [0.5, 0.6) is 0 Å². The fourth-order valence-corrected chi connectivity index (χ4v) is 1.56. The van der Waals surface area contributed by atoms with Crippen LogP contribution in [0.25, 0.3) is 0 Å². The lowest BCUT2D eigenvalue weighted by molar-refractivity contribution is -0.384. The molecule has 1 aromatic rings. The van der Waals surface area contributed by atoms with Crippen LogP contribution in [0.15, 0.2) is 29.2 Å². The third kappa shape index (κ3) is 2.61. The third-order valence-corrected chi connectivity index (χ3v) is 2.57. The zero-order valence-electron chi connectivity index (χ0n) is 7.50. The van der Waals surface area contributed by atoms with Crippen LogP contribution >= 0.6 is 0 Å². The third-order valence-electron chi connectivity index (χ3n) is 1.46. The highest BCUT2D eigenvalue weighted by Crippen LogP contribution is 2.14. The molecule has 1 rings (SSSR count). The monoisotopic (exact) mass is 215 g/mol. The van der Waals surface area contributed by atoms with Gasteiger partial charge in [0.2, 0.25) is 0 Å². The smallest absolute Gasteiger partial charge is 0.269 e. The molecule has 14 heavy (non-hydrogen) atoms. The van der Waals surface area contributed by atoms with Crippen molar-refractivity contribution in [3.63, 3.8) is 0 Å². The summed E-state index contributed by atoms with van der Waals surface area (Å²) in [5, 5.41) is 10.3. The Morgan fingerprint density at radius 2 is 2.00 bits per heavy atom. The van der Waals surface area contributed by atoms with Gasteiger partial charge in [0.05, 0.1) is 16.4 Å². The molecule has 6 heteroatoms. The first-order valence-electron chi connectivity index (χ1n) is 3.94. The quantitative estimate of drug-likeness (QED) is 0.565. The van der Waals surface area contributed by atoms with Gasteiger partial charge in [0.15, 0.2) is 11.1 Å². The summed E-state index contributed by atoms with van der Waals surface area (Å²) in [4.78, 5) is 10.2. The zero-order chi connectivity index (χ0) is 10.6. The molecule has 0 aliphatic heterocycles. The second kappa shape index (κ2) is 4.83. The Labute approximate surface area is 83.5 Å². The highest BCUT2D eigenvalue weighted by atomic mass is 32.2. The molecule has 0 aliphatic rings. The van der Waals surface area contributed by atoms with E-state index in [0.717, 1.165) is 0 Å². The van der Waals surface area contributed by atoms with Crippen LogP contribution in [0.2, 0.25) is 0 Å². The molecule has 0 N–H and O–H groups in total. The Morgan fingerprint density at radius 1 is 1.43 bits per heavy atom. The maximum Gasteiger partial charge on any atom is 0.269 e. The van der Waals surface area contributed by atoms with E-state index in [-0.39, 0.29) is 5.69 Å². The summed E-state index contributed by atoms with van der Waals surface area (Å²) in [6.45, 7) is 2.06. The Morgan fingerprint density at radius 3 is 2.43 bits per heavy atom. The van der Waals surface area contributed by atoms with Gasteiger partial charge in [0.25, 0.3) is 5.69 Å². The summed E-state index contributed by atoms with van der Waals surface area (Å²) in [6, 6.07) is 5.44. The molecule has 0 bridgehead atoms. The van der Waals surface area contributed by atoms with Crippen molar-refractivity contribution in [2.75, 3.05) is 6.61 Å². The van der Waals surface area contributed by atoms with Crippen molar-refractivity contribution in [3.8, 4) is 0 Å². The highest BCUT2D eigenvalue weighted by molar-refractivity contribution is 7.80. The van der Waals surface area contributed by atoms with E-state index >= 15 is 0 Å². The second-order valence-corrected chi connectivity index (χ2v) is 3.57. The van der Waals surface area contributed by atoms with Crippen molar-refractivity contribution in [1.82, 2.24) is 0 Å². The number of hydrogen-bond donors (Lipinski definition) is 0. The second-order valence-electron chi connectivity index (χ2n) is 2.39. The maximum absolute atomic E-state index is 11.2. The molecule has 1 aromatic carbocycles. The molecule has 0 heterocycles. The van der Waals surface area contributed by atoms with Crippen LogP contribution in [0.4, 0.5) is 5.69 Å². The number of benzene rings is 1. The summed E-state index contributed by atoms with van der Waals surface area (Å²) in [5.41, 5.74) is -0.0257. The number of hydrogen-bond acceptors (Lipinski definition) is 4. The van der Waals surface area contributed by atoms with Gasteiger partial charge in [-0.25, -0.2) is 4.21 Å². The SMILES string of the molecule is CCOS(=O)c1ccc([N+](=O)[O-])cc1. The fraction of sp³-hybridized carbons (Fsp3) is 0.250. The Bertz CT molecular complexity index is 349. The lowest BCUT2D eigenvalue weighted by Gasteiger charge is -1.99. The first-order valence-corrected chi connectivity index (χ1v) is 5.02. The Balaban J connectivity index is 2.83. The normalized spacial score (nSPS) is 12.4. The van der Waals surface area contributed by atoms with Crippen molar-refractivity contribution < 1.29 is 13.3 Å². The van der Waals surface area contributed by atoms with E-state index in [1.807, 2.05) is 0 Å². The van der Waals surface area contributed by atoms with Gasteiger partial charge < -0.3 is 0 Å². The van der Waals surface area contributed by atoms with E-state index in [2.05, 4.69) is 0 Å². The Kier molecular flexibility index (Phi) is 3.73. The molecular weight excluding hydrogens is 206 g/mol. The van der Waals surface area contributed by atoms with E-state index in [0.29, 0.717) is 11.5 Å². The molecule has 0 aliphatic carbocycles. The summed E-state index contributed by atoms with van der Waals surface area (Å²) in [7, 11) is 0. The van der Waals surface area contributed by atoms with E-state index in [9.17, 15) is 14.3 Å². The number of nitro groups is 1. The van der Waals surface area contributed by atoms with Gasteiger partial charge in [0, 0.05) is 12.1 Å². The predicted molar refractivity (Wildman–Crippen MR) is 51.1 cm³/mol. The summed E-state index contributed by atoms with van der Waals surface area (Å²) in [5.74, 6) is 0. The van der Waals surface area contributed by atoms with E-state index in [4.69, 9.17) is 4.18 Å². The van der Waals surface area contributed by atoms with Gasteiger partial charge >= 0.3 is 0 Å². The van der Waals surface area contributed by atoms with Crippen LogP contribution < -0.4 is 0 Å². The van der Waals surface area contributed by atoms with E-state index in [1.54, 1.807) is 6.92 Å². The molecule has 1 unspecified atom stereocenters. The average Bonchev–Trinajstić information content (AvgIpc) is 2.18. The van der Waals surface area contributed by atoms with Gasteiger partial charge in [-0.1, -0.05) is 0 Å². The van der Waals surface area contributed by atoms with E-state index in [1.165, 1.54) is 24.3 Å². The molecule has 0 fully saturated rings. The molecule has 5 nitrogen and oxygen atoms in total. The van der Waals surface area contributed by atoms with Crippen LogP contribution in [0.1, 0.15) is 6.92 Å². The lowest BCUT2D eigenvalue weighted by atomic mass is 10.3. The summed E-state index contributed by atoms with van der Waals surface area (Å²) in [6.07, 6.45) is 0. The van der Waals surface area contributed by atoms with Crippen molar-refractivity contribution in [3.05, 3.63) is 34.4 Å². The predicted octanol–water partition coefficient (Wildman–Crippen LogP) is 1.65. The number of non-ortho nitro benzene ring substituents is 1. The zero-order valence-corrected chi connectivity index (χ0v) is 8.32. The van der Waals surface area contributed by atoms with Gasteiger partial charge in [-0.2, -0.15) is 0 Å². The van der Waals surface area contributed by atoms with Crippen LogP contribution in [0, 0.1) is 10.1 Å². The van der Waals surface area contributed by atoms with Crippen molar-refractivity contribution >= 4 is 16.8 Å². The molecular formula is C8H9NO4S. The van der Waals surface area contributed by atoms with Crippen molar-refractivity contribution in [2.45, 2.75) is 11.8 Å². The largest absolute Gasteiger partial charge is 0.287 e. The minimum Gasteiger partial charge on any atom is -0.287 e. The average molecular weight is 215 g/mol. The first-order chi connectivity index (χ1) is 6.65. The molecule has 0 saturated heterocycles. The van der Waals surface area contributed by atoms with Crippen LogP contribution in [0.3, 0.4) is 0 Å². The minimum absolute atomic E-state index is 0.0257. The number of nitrogens with zero attached hydrogens (tertiary/aromatic N) is 1.